The molecule has 4 atom stereocenters. The number of hydrogen-bond acceptors (Lipinski definition) is 10. The number of phenolic OH excluding ortho intramolecular Hbond substituents is 1. The molecule has 3 aliphatic rings. The fraction of sp³-hybridized carbons (Fsp3) is 0.306. The number of aliphatic hydroxyl groups excluding tert-OH is 2. The van der Waals surface area contributed by atoms with Crippen LogP contribution in [0.2, 0.25) is 0 Å². The molecule has 3 aromatic rings. The van der Waals surface area contributed by atoms with E-state index in [1.807, 2.05) is 48.5 Å². The van der Waals surface area contributed by atoms with Gasteiger partial charge in [0.1, 0.15) is 28.6 Å². The van der Waals surface area contributed by atoms with E-state index in [9.17, 15) is 34.8 Å². The average Bonchev–Trinajstić information content (AvgIpc) is 3.03. The fourth-order valence-corrected chi connectivity index (χ4v) is 7.42. The summed E-state index contributed by atoms with van der Waals surface area (Å²) < 4.78 is 5.21. The molecule has 3 aliphatic carbocycles. The van der Waals surface area contributed by atoms with Crippen molar-refractivity contribution in [3.63, 3.8) is 0 Å². The molecule has 0 bridgehead atoms. The Balaban J connectivity index is 1.31. The van der Waals surface area contributed by atoms with Crippen LogP contribution < -0.4 is 15.8 Å². The number of carbonyl (C=O) groups excluding carboxylic acids is 3. The van der Waals surface area contributed by atoms with E-state index in [-0.39, 0.29) is 29.7 Å². The molecule has 1 amide bonds. The summed E-state index contributed by atoms with van der Waals surface area (Å²) in [4.78, 5) is 41.2. The van der Waals surface area contributed by atoms with Crippen LogP contribution in [0.25, 0.3) is 11.1 Å². The van der Waals surface area contributed by atoms with Crippen molar-refractivity contribution in [2.45, 2.75) is 37.6 Å². The molecule has 0 saturated heterocycles. The van der Waals surface area contributed by atoms with Crippen LogP contribution in [0.5, 0.6) is 11.5 Å². The van der Waals surface area contributed by atoms with Crippen LogP contribution in [0.3, 0.4) is 0 Å². The zero-order valence-corrected chi connectivity index (χ0v) is 26.3. The molecule has 0 heterocycles. The number of methoxy groups -OCH3 is 1. The number of benzene rings is 3. The fourth-order valence-electron chi connectivity index (χ4n) is 7.42. The van der Waals surface area contributed by atoms with Gasteiger partial charge in [0.15, 0.2) is 11.4 Å². The topological polar surface area (TPSA) is 183 Å². The van der Waals surface area contributed by atoms with Crippen LogP contribution in [0.15, 0.2) is 83.3 Å². The lowest BCUT2D eigenvalue weighted by molar-refractivity contribution is -0.148. The van der Waals surface area contributed by atoms with Gasteiger partial charge in [0.2, 0.25) is 5.78 Å². The summed E-state index contributed by atoms with van der Waals surface area (Å²) in [6.45, 7) is 1.31. The molecule has 7 N–H and O–H groups in total. The van der Waals surface area contributed by atoms with E-state index < -0.39 is 58.0 Å². The molecule has 0 aromatic heterocycles. The minimum Gasteiger partial charge on any atom is -0.510 e. The summed E-state index contributed by atoms with van der Waals surface area (Å²) in [6.07, 6.45) is 0.239. The number of amides is 1. The van der Waals surface area contributed by atoms with Crippen LogP contribution in [-0.2, 0) is 29.1 Å². The highest BCUT2D eigenvalue weighted by atomic mass is 16.5. The monoisotopic (exact) mass is 639 g/mol. The third-order valence-corrected chi connectivity index (χ3v) is 9.69. The molecule has 11 heteroatoms. The lowest BCUT2D eigenvalue weighted by atomic mass is 9.58. The third kappa shape index (κ3) is 5.16. The molecule has 0 saturated carbocycles. The molecular formula is C36H37N3O8. The summed E-state index contributed by atoms with van der Waals surface area (Å²) in [5, 5.41) is 48.6. The number of nitrogens with zero attached hydrogens (tertiary/aromatic N) is 1. The first-order valence-electron chi connectivity index (χ1n) is 15.3. The van der Waals surface area contributed by atoms with Gasteiger partial charge in [-0.2, -0.15) is 0 Å². The molecule has 1 unspecified atom stereocenters. The second-order valence-electron chi connectivity index (χ2n) is 12.6. The van der Waals surface area contributed by atoms with Gasteiger partial charge in [-0.25, -0.2) is 0 Å². The van der Waals surface area contributed by atoms with E-state index >= 15 is 0 Å². The molecule has 11 nitrogen and oxygen atoms in total. The standard InChI is InChI=1S/C36H37N3O8/c1-39(2)30-25-15-21-14-24-23(20-8-4-18(5-9-20)16-38-17-19-6-10-22(47-3)11-7-19)12-13-26(40)28(24)31(41)27(21)33(43)36(25,46)34(44)29(32(30)42)35(37)45/h4-13,21,25,30,38,40,42-43,46H,14-17H2,1-3H3,(H2,37,45)/t21-,25-,30?,36-/m0/s1. The van der Waals surface area contributed by atoms with Gasteiger partial charge in [0.25, 0.3) is 5.91 Å². The summed E-state index contributed by atoms with van der Waals surface area (Å²) in [7, 11) is 4.83. The normalized spacial score (nSPS) is 23.8. The van der Waals surface area contributed by atoms with E-state index in [1.54, 1.807) is 27.3 Å². The number of allylic oxidation sites excluding steroid dienone is 1. The maximum atomic E-state index is 14.0. The van der Waals surface area contributed by atoms with E-state index in [0.29, 0.717) is 18.7 Å². The van der Waals surface area contributed by atoms with Crippen molar-refractivity contribution in [2.75, 3.05) is 21.2 Å². The van der Waals surface area contributed by atoms with Crippen LogP contribution in [-0.4, -0.2) is 75.6 Å². The predicted octanol–water partition coefficient (Wildman–Crippen LogP) is 3.09. The summed E-state index contributed by atoms with van der Waals surface area (Å²) >= 11 is 0. The van der Waals surface area contributed by atoms with Gasteiger partial charge in [0, 0.05) is 24.6 Å². The minimum absolute atomic E-state index is 0.0199. The Morgan fingerprint density at radius 3 is 2.17 bits per heavy atom. The zero-order chi connectivity index (χ0) is 33.8. The number of Topliss-reactive ketones (excluding diaryl/α,β-unsaturated/α-hetero) is 2. The van der Waals surface area contributed by atoms with E-state index in [1.165, 1.54) is 11.0 Å². The number of ether oxygens (including phenoxy) is 1. The van der Waals surface area contributed by atoms with Gasteiger partial charge < -0.3 is 36.2 Å². The average molecular weight is 640 g/mol. The van der Waals surface area contributed by atoms with Crippen molar-refractivity contribution >= 4 is 17.5 Å². The number of aromatic hydroxyl groups is 1. The largest absolute Gasteiger partial charge is 0.510 e. The van der Waals surface area contributed by atoms with Crippen molar-refractivity contribution in [1.29, 1.82) is 0 Å². The highest BCUT2D eigenvalue weighted by Gasteiger charge is 2.63. The Hall–Kier alpha value is -4.97. The van der Waals surface area contributed by atoms with Gasteiger partial charge in [-0.1, -0.05) is 42.5 Å². The van der Waals surface area contributed by atoms with Crippen LogP contribution >= 0.6 is 0 Å². The molecule has 6 rings (SSSR count). The van der Waals surface area contributed by atoms with Crippen molar-refractivity contribution < 1.29 is 39.5 Å². The van der Waals surface area contributed by atoms with Gasteiger partial charge in [-0.05, 0) is 78.9 Å². The molecule has 0 fully saturated rings. The number of aliphatic hydroxyl groups is 3. The molecule has 3 aromatic carbocycles. The predicted molar refractivity (Wildman–Crippen MR) is 173 cm³/mol. The second-order valence-corrected chi connectivity index (χ2v) is 12.6. The lowest BCUT2D eigenvalue weighted by Gasteiger charge is -2.50. The first-order chi connectivity index (χ1) is 22.4. The van der Waals surface area contributed by atoms with Crippen molar-refractivity contribution in [2.24, 2.45) is 17.6 Å². The van der Waals surface area contributed by atoms with Crippen LogP contribution in [0.1, 0.15) is 33.5 Å². The Labute approximate surface area is 271 Å². The highest BCUT2D eigenvalue weighted by Crippen LogP contribution is 2.53. The molecule has 47 heavy (non-hydrogen) atoms. The van der Waals surface area contributed by atoms with Gasteiger partial charge in [-0.3, -0.25) is 19.3 Å². The number of phenols is 1. The summed E-state index contributed by atoms with van der Waals surface area (Å²) in [5.41, 5.74) is 6.00. The second kappa shape index (κ2) is 12.0. The minimum atomic E-state index is -2.67. The SMILES string of the molecule is COc1ccc(CNCc2ccc(-c3ccc(O)c4c3C[C@H]3C[C@H]5C(N(C)C)C(O)=C(C(N)=O)C(=O)[C@@]5(O)C(O)=C3C4=O)cc2)cc1. The molecule has 0 aliphatic heterocycles. The number of likely N-dealkylation sites (N-methyl/N-ethyl adjacent to an activating group) is 1. The summed E-state index contributed by atoms with van der Waals surface area (Å²) in [6, 6.07) is 17.8. The number of hydrogen-bond donors (Lipinski definition) is 6. The van der Waals surface area contributed by atoms with E-state index in [4.69, 9.17) is 10.5 Å². The smallest absolute Gasteiger partial charge is 0.255 e. The van der Waals surface area contributed by atoms with Gasteiger partial charge >= 0.3 is 0 Å². The maximum Gasteiger partial charge on any atom is 0.255 e. The Morgan fingerprint density at radius 1 is 0.979 bits per heavy atom. The van der Waals surface area contributed by atoms with Crippen molar-refractivity contribution in [3.05, 3.63) is 106 Å². The number of primary amides is 1. The van der Waals surface area contributed by atoms with Gasteiger partial charge in [0.05, 0.1) is 18.7 Å². The zero-order valence-electron chi connectivity index (χ0n) is 26.3. The Kier molecular flexibility index (Phi) is 8.17. The third-order valence-electron chi connectivity index (χ3n) is 9.69. The van der Waals surface area contributed by atoms with Crippen molar-refractivity contribution in [1.82, 2.24) is 10.2 Å². The maximum absolute atomic E-state index is 14.0. The van der Waals surface area contributed by atoms with Crippen LogP contribution in [0, 0.1) is 11.8 Å². The van der Waals surface area contributed by atoms with E-state index in [0.717, 1.165) is 28.0 Å². The molecule has 0 radical (unpaired) electrons. The lowest BCUT2D eigenvalue weighted by Crippen LogP contribution is -2.63. The Morgan fingerprint density at radius 2 is 1.60 bits per heavy atom. The summed E-state index contributed by atoms with van der Waals surface area (Å²) in [5.74, 6) is -5.94. The number of carbonyl (C=O) groups is 3. The number of rotatable bonds is 8. The Bertz CT molecular complexity index is 1840. The molecule has 244 valence electrons. The number of nitrogens with one attached hydrogen (secondary N) is 1. The van der Waals surface area contributed by atoms with Crippen molar-refractivity contribution in [3.8, 4) is 22.6 Å². The number of ketones is 2. The number of fused-ring (bicyclic) bond motifs is 3. The first kappa shape index (κ1) is 32.0. The quantitative estimate of drug-likeness (QED) is 0.200. The first-order valence-corrected chi connectivity index (χ1v) is 15.3. The van der Waals surface area contributed by atoms with Gasteiger partial charge in [-0.15, -0.1) is 0 Å². The number of nitrogens with two attached hydrogens (primary N) is 1. The molecular weight excluding hydrogens is 602 g/mol. The van der Waals surface area contributed by atoms with E-state index in [2.05, 4.69) is 5.32 Å². The molecule has 0 spiro atoms. The highest BCUT2D eigenvalue weighted by molar-refractivity contribution is 6.24. The van der Waals surface area contributed by atoms with Crippen LogP contribution in [0.4, 0.5) is 0 Å².